The lowest BCUT2D eigenvalue weighted by Gasteiger charge is -1.92. The number of rotatable bonds is 6. The van der Waals surface area contributed by atoms with E-state index in [1.165, 1.54) is 0 Å². The van der Waals surface area contributed by atoms with E-state index in [1.54, 1.807) is 6.26 Å². The van der Waals surface area contributed by atoms with Crippen molar-refractivity contribution >= 4 is 5.97 Å². The third kappa shape index (κ3) is 3.44. The van der Waals surface area contributed by atoms with Gasteiger partial charge in [0.05, 0.1) is 12.7 Å². The van der Waals surface area contributed by atoms with Crippen LogP contribution >= 0.6 is 0 Å². The second-order valence-corrected chi connectivity index (χ2v) is 3.56. The number of aliphatic carboxylic acids is 1. The van der Waals surface area contributed by atoms with Gasteiger partial charge in [-0.05, 0) is 12.1 Å². The molecule has 0 spiro atoms. The van der Waals surface area contributed by atoms with E-state index in [1.807, 2.05) is 12.1 Å². The lowest BCUT2D eigenvalue weighted by Crippen LogP contribution is -1.97. The van der Waals surface area contributed by atoms with Crippen LogP contribution in [0.15, 0.2) is 27.2 Å². The van der Waals surface area contributed by atoms with Gasteiger partial charge in [-0.15, -0.1) is 10.2 Å². The second-order valence-electron chi connectivity index (χ2n) is 3.56. The molecule has 1 N–H and O–H groups in total. The van der Waals surface area contributed by atoms with E-state index in [-0.39, 0.29) is 12.8 Å². The van der Waals surface area contributed by atoms with Crippen LogP contribution < -0.4 is 0 Å². The van der Waals surface area contributed by atoms with E-state index in [4.69, 9.17) is 13.9 Å². The van der Waals surface area contributed by atoms with Crippen molar-refractivity contribution in [2.24, 2.45) is 0 Å². The summed E-state index contributed by atoms with van der Waals surface area (Å²) in [6, 6.07) is 3.70. The van der Waals surface area contributed by atoms with E-state index in [2.05, 4.69) is 10.2 Å². The predicted octanol–water partition coefficient (Wildman–Crippen LogP) is 1.47. The van der Waals surface area contributed by atoms with Crippen LogP contribution in [-0.4, -0.2) is 21.3 Å². The normalized spacial score (nSPS) is 10.6. The van der Waals surface area contributed by atoms with Crippen LogP contribution in [0, 0.1) is 0 Å². The highest BCUT2D eigenvalue weighted by atomic mass is 16.4. The van der Waals surface area contributed by atoms with Gasteiger partial charge < -0.3 is 13.9 Å². The second kappa shape index (κ2) is 5.29. The van der Waals surface area contributed by atoms with E-state index in [9.17, 15) is 4.79 Å². The van der Waals surface area contributed by atoms with Crippen molar-refractivity contribution in [3.05, 3.63) is 35.9 Å². The molecule has 90 valence electrons. The summed E-state index contributed by atoms with van der Waals surface area (Å²) in [5.41, 5.74) is 0. The maximum Gasteiger partial charge on any atom is 0.303 e. The van der Waals surface area contributed by atoms with Gasteiger partial charge in [-0.3, -0.25) is 4.79 Å². The van der Waals surface area contributed by atoms with Crippen LogP contribution in [0.1, 0.15) is 24.0 Å². The van der Waals surface area contributed by atoms with Gasteiger partial charge in [-0.1, -0.05) is 0 Å². The summed E-state index contributed by atoms with van der Waals surface area (Å²) >= 11 is 0. The smallest absolute Gasteiger partial charge is 0.303 e. The maximum atomic E-state index is 10.4. The summed E-state index contributed by atoms with van der Waals surface area (Å²) in [6.07, 6.45) is 3.16. The minimum Gasteiger partial charge on any atom is -0.481 e. The topological polar surface area (TPSA) is 89.4 Å². The summed E-state index contributed by atoms with van der Waals surface area (Å²) in [5.74, 6) is 0.847. The van der Waals surface area contributed by atoms with E-state index >= 15 is 0 Å². The molecule has 0 unspecified atom stereocenters. The number of hydrogen-bond donors (Lipinski definition) is 1. The van der Waals surface area contributed by atoms with Gasteiger partial charge in [-0.25, -0.2) is 0 Å². The third-order valence-electron chi connectivity index (χ3n) is 2.23. The van der Waals surface area contributed by atoms with E-state index in [0.29, 0.717) is 24.6 Å². The third-order valence-corrected chi connectivity index (χ3v) is 2.23. The fraction of sp³-hybridized carbons (Fsp3) is 0.364. The minimum atomic E-state index is -0.875. The largest absolute Gasteiger partial charge is 0.481 e. The predicted molar refractivity (Wildman–Crippen MR) is 56.4 cm³/mol. The number of aryl methyl sites for hydroxylation is 3. The molecule has 0 aliphatic rings. The first kappa shape index (κ1) is 11.4. The molecule has 0 aliphatic carbocycles. The van der Waals surface area contributed by atoms with Gasteiger partial charge in [0.2, 0.25) is 11.8 Å². The fourth-order valence-electron chi connectivity index (χ4n) is 1.39. The minimum absolute atomic E-state index is 0.000181. The Kier molecular flexibility index (Phi) is 3.54. The molecule has 0 aliphatic heterocycles. The van der Waals surface area contributed by atoms with Crippen molar-refractivity contribution in [2.75, 3.05) is 0 Å². The first-order chi connectivity index (χ1) is 8.24. The zero-order valence-electron chi connectivity index (χ0n) is 9.13. The molecule has 0 atom stereocenters. The number of carboxylic acid groups (broad SMARTS) is 1. The Hall–Kier alpha value is -2.11. The van der Waals surface area contributed by atoms with Gasteiger partial charge in [0.25, 0.3) is 0 Å². The molecule has 0 fully saturated rings. The van der Waals surface area contributed by atoms with Crippen molar-refractivity contribution in [2.45, 2.75) is 25.7 Å². The SMILES string of the molecule is O=C(O)CCc1nnc(CCc2ccco2)o1. The van der Waals surface area contributed by atoms with Gasteiger partial charge >= 0.3 is 5.97 Å². The van der Waals surface area contributed by atoms with Crippen LogP contribution in [0.25, 0.3) is 0 Å². The summed E-state index contributed by atoms with van der Waals surface area (Å²) < 4.78 is 10.5. The van der Waals surface area contributed by atoms with Crippen molar-refractivity contribution in [3.8, 4) is 0 Å². The molecule has 0 aromatic carbocycles. The first-order valence-electron chi connectivity index (χ1n) is 5.29. The standard InChI is InChI=1S/C11H12N2O4/c14-11(15)6-5-10-13-12-9(17-10)4-3-8-2-1-7-16-8/h1-2,7H,3-6H2,(H,14,15). The van der Waals surface area contributed by atoms with Gasteiger partial charge in [0.1, 0.15) is 5.76 Å². The molecule has 0 radical (unpaired) electrons. The zero-order valence-corrected chi connectivity index (χ0v) is 9.13. The van der Waals surface area contributed by atoms with Crippen LogP contribution in [0.3, 0.4) is 0 Å². The number of furan rings is 1. The number of carboxylic acids is 1. The molecular weight excluding hydrogens is 224 g/mol. The molecule has 6 heteroatoms. The molecule has 0 bridgehead atoms. The Balaban J connectivity index is 1.83. The summed E-state index contributed by atoms with van der Waals surface area (Å²) in [5, 5.41) is 16.1. The molecule has 6 nitrogen and oxygen atoms in total. The Bertz CT molecular complexity index is 475. The number of aromatic nitrogens is 2. The lowest BCUT2D eigenvalue weighted by atomic mass is 10.2. The summed E-state index contributed by atoms with van der Waals surface area (Å²) in [7, 11) is 0. The Labute approximate surface area is 97.3 Å². The fourth-order valence-corrected chi connectivity index (χ4v) is 1.39. The summed E-state index contributed by atoms with van der Waals surface area (Å²) in [6.45, 7) is 0. The quantitative estimate of drug-likeness (QED) is 0.816. The molecule has 0 saturated carbocycles. The molecule has 2 aromatic heterocycles. The van der Waals surface area contributed by atoms with Crippen molar-refractivity contribution in [1.82, 2.24) is 10.2 Å². The van der Waals surface area contributed by atoms with Crippen LogP contribution in [0.4, 0.5) is 0 Å². The van der Waals surface area contributed by atoms with Crippen molar-refractivity contribution in [3.63, 3.8) is 0 Å². The van der Waals surface area contributed by atoms with E-state index in [0.717, 1.165) is 5.76 Å². The first-order valence-corrected chi connectivity index (χ1v) is 5.29. The van der Waals surface area contributed by atoms with Crippen molar-refractivity contribution in [1.29, 1.82) is 0 Å². The molecule has 17 heavy (non-hydrogen) atoms. The molecule has 2 aromatic rings. The zero-order chi connectivity index (χ0) is 12.1. The van der Waals surface area contributed by atoms with E-state index < -0.39 is 5.97 Å². The highest BCUT2D eigenvalue weighted by Gasteiger charge is 2.08. The van der Waals surface area contributed by atoms with Crippen LogP contribution in [0.5, 0.6) is 0 Å². The van der Waals surface area contributed by atoms with Crippen LogP contribution in [-0.2, 0) is 24.1 Å². The summed E-state index contributed by atoms with van der Waals surface area (Å²) in [4.78, 5) is 10.4. The molecule has 0 amide bonds. The molecule has 2 heterocycles. The molecule has 0 saturated heterocycles. The van der Waals surface area contributed by atoms with Gasteiger partial charge in [-0.2, -0.15) is 0 Å². The number of nitrogens with zero attached hydrogens (tertiary/aromatic N) is 2. The molecule has 2 rings (SSSR count). The number of carbonyl (C=O) groups is 1. The van der Waals surface area contributed by atoms with Crippen molar-refractivity contribution < 1.29 is 18.7 Å². The Morgan fingerprint density at radius 3 is 2.65 bits per heavy atom. The Morgan fingerprint density at radius 2 is 2.00 bits per heavy atom. The van der Waals surface area contributed by atoms with Gasteiger partial charge in [0, 0.05) is 19.3 Å². The maximum absolute atomic E-state index is 10.4. The highest BCUT2D eigenvalue weighted by Crippen LogP contribution is 2.08. The lowest BCUT2D eigenvalue weighted by molar-refractivity contribution is -0.137. The molecular formula is C11H12N2O4. The van der Waals surface area contributed by atoms with Gasteiger partial charge in [0.15, 0.2) is 0 Å². The van der Waals surface area contributed by atoms with Crippen LogP contribution in [0.2, 0.25) is 0 Å². The average molecular weight is 236 g/mol. The average Bonchev–Trinajstić information content (AvgIpc) is 2.95. The number of hydrogen-bond acceptors (Lipinski definition) is 5. The highest BCUT2D eigenvalue weighted by molar-refractivity contribution is 5.66. The Morgan fingerprint density at radius 1 is 1.24 bits per heavy atom. The monoisotopic (exact) mass is 236 g/mol.